The molecule has 0 fully saturated rings. The second kappa shape index (κ2) is 5.64. The summed E-state index contributed by atoms with van der Waals surface area (Å²) < 4.78 is 14.1. The van der Waals surface area contributed by atoms with E-state index in [1.54, 1.807) is 16.9 Å². The Hall–Kier alpha value is -1.88. The van der Waals surface area contributed by atoms with Crippen LogP contribution >= 0.6 is 11.6 Å². The normalized spacial score (nSPS) is 12.1. The van der Waals surface area contributed by atoms with Crippen molar-refractivity contribution < 1.29 is 9.18 Å². The number of nitrogens with one attached hydrogen (secondary N) is 1. The first kappa shape index (κ1) is 12.6. The number of alkyl halides is 2. The van der Waals surface area contributed by atoms with Gasteiger partial charge in [-0.05, 0) is 5.56 Å². The monoisotopic (exact) mass is 267 g/mol. The van der Waals surface area contributed by atoms with E-state index >= 15 is 0 Å². The lowest BCUT2D eigenvalue weighted by molar-refractivity contribution is -0.118. The minimum absolute atomic E-state index is 0.277. The van der Waals surface area contributed by atoms with Crippen molar-refractivity contribution in [1.82, 2.24) is 9.78 Å². The van der Waals surface area contributed by atoms with Crippen molar-refractivity contribution in [3.05, 3.63) is 48.2 Å². The summed E-state index contributed by atoms with van der Waals surface area (Å²) in [4.78, 5) is 11.0. The van der Waals surface area contributed by atoms with Crippen molar-refractivity contribution in [3.8, 4) is 0 Å². The maximum atomic E-state index is 12.5. The molecule has 2 rings (SSSR count). The molecule has 0 bridgehead atoms. The Balaban J connectivity index is 2.00. The molecule has 1 heterocycles. The van der Waals surface area contributed by atoms with Crippen LogP contribution in [0.4, 0.5) is 10.2 Å². The summed E-state index contributed by atoms with van der Waals surface area (Å²) in [5.41, 5.74) is -0.983. The Labute approximate surface area is 108 Å². The molecular weight excluding hydrogens is 257 g/mol. The molecule has 0 aliphatic heterocycles. The summed E-state index contributed by atoms with van der Waals surface area (Å²) in [6.45, 7) is 0.580. The van der Waals surface area contributed by atoms with Gasteiger partial charge in [0, 0.05) is 12.3 Å². The molecule has 0 saturated heterocycles. The summed E-state index contributed by atoms with van der Waals surface area (Å²) in [5, 5.41) is 6.36. The molecule has 94 valence electrons. The van der Waals surface area contributed by atoms with Gasteiger partial charge in [-0.15, -0.1) is 0 Å². The van der Waals surface area contributed by atoms with Crippen molar-refractivity contribution in [1.29, 1.82) is 0 Å². The second-order valence-corrected chi connectivity index (χ2v) is 4.06. The molecule has 0 radical (unpaired) electrons. The fourth-order valence-electron chi connectivity index (χ4n) is 1.47. The van der Waals surface area contributed by atoms with Gasteiger partial charge >= 0.3 is 0 Å². The molecule has 1 unspecified atom stereocenters. The van der Waals surface area contributed by atoms with Crippen molar-refractivity contribution >= 4 is 23.3 Å². The van der Waals surface area contributed by atoms with Crippen molar-refractivity contribution in [2.24, 2.45) is 0 Å². The van der Waals surface area contributed by atoms with Crippen LogP contribution in [-0.2, 0) is 11.3 Å². The lowest BCUT2D eigenvalue weighted by Crippen LogP contribution is -2.19. The summed E-state index contributed by atoms with van der Waals surface area (Å²) in [6, 6.07) is 11.3. The highest BCUT2D eigenvalue weighted by molar-refractivity contribution is 6.31. The van der Waals surface area contributed by atoms with Crippen molar-refractivity contribution in [2.75, 3.05) is 5.32 Å². The van der Waals surface area contributed by atoms with Crippen LogP contribution in [0.15, 0.2) is 42.6 Å². The van der Waals surface area contributed by atoms with Gasteiger partial charge in [0.1, 0.15) is 0 Å². The zero-order valence-corrected chi connectivity index (χ0v) is 10.1. The number of amides is 1. The van der Waals surface area contributed by atoms with Gasteiger partial charge in [0.25, 0.3) is 11.5 Å². The van der Waals surface area contributed by atoms with Crippen LogP contribution in [0.1, 0.15) is 5.56 Å². The highest BCUT2D eigenvalue weighted by Gasteiger charge is 2.14. The molecule has 0 aliphatic rings. The maximum Gasteiger partial charge on any atom is 0.275 e. The topological polar surface area (TPSA) is 46.9 Å². The highest BCUT2D eigenvalue weighted by atomic mass is 35.5. The van der Waals surface area contributed by atoms with Gasteiger partial charge in [0.15, 0.2) is 5.82 Å². The summed E-state index contributed by atoms with van der Waals surface area (Å²) in [7, 11) is 0. The average molecular weight is 268 g/mol. The summed E-state index contributed by atoms with van der Waals surface area (Å²) in [5.74, 6) is -0.638. The molecule has 1 N–H and O–H groups in total. The lowest BCUT2D eigenvalue weighted by Gasteiger charge is -2.02. The van der Waals surface area contributed by atoms with Crippen LogP contribution in [0.3, 0.4) is 0 Å². The smallest absolute Gasteiger partial charge is 0.275 e. The van der Waals surface area contributed by atoms with Crippen molar-refractivity contribution in [2.45, 2.75) is 12.2 Å². The molecule has 0 aliphatic carbocycles. The molecule has 2 aromatic rings. The van der Waals surface area contributed by atoms with E-state index in [1.807, 2.05) is 30.3 Å². The van der Waals surface area contributed by atoms with E-state index in [0.717, 1.165) is 5.56 Å². The number of anilines is 1. The number of halogens is 2. The Kier molecular flexibility index (Phi) is 3.94. The molecule has 6 heteroatoms. The van der Waals surface area contributed by atoms with E-state index in [-0.39, 0.29) is 5.82 Å². The highest BCUT2D eigenvalue weighted by Crippen LogP contribution is 2.08. The van der Waals surface area contributed by atoms with Gasteiger partial charge in [0.2, 0.25) is 0 Å². The number of hydrogen-bond donors (Lipinski definition) is 1. The first-order valence-corrected chi connectivity index (χ1v) is 5.75. The third-order valence-electron chi connectivity index (χ3n) is 2.28. The maximum absolute atomic E-state index is 12.5. The molecule has 0 spiro atoms. The zero-order valence-electron chi connectivity index (χ0n) is 9.38. The van der Waals surface area contributed by atoms with Gasteiger partial charge in [-0.25, -0.2) is 4.39 Å². The van der Waals surface area contributed by atoms with Crippen LogP contribution in [-0.4, -0.2) is 21.3 Å². The van der Waals surface area contributed by atoms with Crippen molar-refractivity contribution in [3.63, 3.8) is 0 Å². The molecule has 0 saturated carbocycles. The molecule has 1 atom stereocenters. The standard InChI is InChI=1S/C12H11ClFN3O/c13-11(14)12(18)15-10-6-7-17(16-10)8-9-4-2-1-3-5-9/h1-7,11H,8H2,(H,15,16,18). The van der Waals surface area contributed by atoms with E-state index in [1.165, 1.54) is 0 Å². The zero-order chi connectivity index (χ0) is 13.0. The summed E-state index contributed by atoms with van der Waals surface area (Å²) >= 11 is 5.00. The van der Waals surface area contributed by atoms with E-state index in [4.69, 9.17) is 11.6 Å². The fourth-order valence-corrected chi connectivity index (χ4v) is 1.52. The van der Waals surface area contributed by atoms with E-state index in [9.17, 15) is 9.18 Å². The molecule has 1 aromatic heterocycles. The number of benzene rings is 1. The third kappa shape index (κ3) is 3.30. The number of carbonyl (C=O) groups excluding carboxylic acids is 1. The second-order valence-electron chi connectivity index (χ2n) is 3.67. The predicted octanol–water partition coefficient (Wildman–Crippen LogP) is 2.40. The number of nitrogens with zero attached hydrogens (tertiary/aromatic N) is 2. The van der Waals surface area contributed by atoms with Crippen LogP contribution in [0.5, 0.6) is 0 Å². The lowest BCUT2D eigenvalue weighted by atomic mass is 10.2. The minimum atomic E-state index is -2.07. The number of aromatic nitrogens is 2. The average Bonchev–Trinajstić information content (AvgIpc) is 2.77. The van der Waals surface area contributed by atoms with Gasteiger partial charge in [-0.3, -0.25) is 9.48 Å². The number of carbonyl (C=O) groups is 1. The van der Waals surface area contributed by atoms with E-state index < -0.39 is 11.5 Å². The van der Waals surface area contributed by atoms with E-state index in [2.05, 4.69) is 10.4 Å². The molecule has 18 heavy (non-hydrogen) atoms. The first-order chi connectivity index (χ1) is 8.65. The van der Waals surface area contributed by atoms with Crippen LogP contribution in [0, 0.1) is 0 Å². The molecular formula is C12H11ClFN3O. The van der Waals surface area contributed by atoms with Crippen LogP contribution in [0.25, 0.3) is 0 Å². The Morgan fingerprint density at radius 3 is 2.78 bits per heavy atom. The SMILES string of the molecule is O=C(Nc1ccn(Cc2ccccc2)n1)C(F)Cl. The predicted molar refractivity (Wildman–Crippen MR) is 67.1 cm³/mol. The largest absolute Gasteiger partial charge is 0.306 e. The fraction of sp³-hybridized carbons (Fsp3) is 0.167. The number of hydrogen-bond acceptors (Lipinski definition) is 2. The Bertz CT molecular complexity index is 527. The van der Waals surface area contributed by atoms with Crippen LogP contribution < -0.4 is 5.32 Å². The van der Waals surface area contributed by atoms with Gasteiger partial charge < -0.3 is 5.32 Å². The van der Waals surface area contributed by atoms with Gasteiger partial charge in [-0.1, -0.05) is 41.9 Å². The molecule has 4 nitrogen and oxygen atoms in total. The quantitative estimate of drug-likeness (QED) is 0.865. The molecule has 1 amide bonds. The van der Waals surface area contributed by atoms with Gasteiger partial charge in [-0.2, -0.15) is 5.10 Å². The molecule has 1 aromatic carbocycles. The summed E-state index contributed by atoms with van der Waals surface area (Å²) in [6.07, 6.45) is 1.70. The first-order valence-electron chi connectivity index (χ1n) is 5.31. The third-order valence-corrected chi connectivity index (χ3v) is 2.48. The van der Waals surface area contributed by atoms with E-state index in [0.29, 0.717) is 6.54 Å². The van der Waals surface area contributed by atoms with Gasteiger partial charge in [0.05, 0.1) is 6.54 Å². The minimum Gasteiger partial charge on any atom is -0.306 e. The number of rotatable bonds is 4. The Morgan fingerprint density at radius 2 is 2.11 bits per heavy atom. The van der Waals surface area contributed by atoms with Crippen LogP contribution in [0.2, 0.25) is 0 Å². The Morgan fingerprint density at radius 1 is 1.39 bits per heavy atom.